The van der Waals surface area contributed by atoms with Crippen molar-refractivity contribution in [2.75, 3.05) is 12.9 Å². The maximum Gasteiger partial charge on any atom is 0.255 e. The molecule has 0 saturated carbocycles. The molecule has 0 fully saturated rings. The van der Waals surface area contributed by atoms with Gasteiger partial charge >= 0.3 is 0 Å². The molecule has 0 bridgehead atoms. The third-order valence-electron chi connectivity index (χ3n) is 2.13. The van der Waals surface area contributed by atoms with Gasteiger partial charge in [-0.1, -0.05) is 23.9 Å². The maximum atomic E-state index is 11.9. The number of rotatable bonds is 5. The molecule has 1 aromatic carbocycles. The van der Waals surface area contributed by atoms with E-state index >= 15 is 0 Å². The Labute approximate surface area is 103 Å². The zero-order valence-electron chi connectivity index (χ0n) is 9.25. The van der Waals surface area contributed by atoms with Gasteiger partial charge in [-0.25, -0.2) is 4.98 Å². The number of aromatic nitrogens is 1. The normalized spacial score (nSPS) is 10.2. The zero-order chi connectivity index (χ0) is 12.1. The van der Waals surface area contributed by atoms with E-state index < -0.39 is 0 Å². The Balaban J connectivity index is 1.99. The Hall–Kier alpha value is -1.75. The largest absolute Gasteiger partial charge is 0.497 e. The van der Waals surface area contributed by atoms with Crippen LogP contribution in [0, 0.1) is 0 Å². The number of methoxy groups -OCH3 is 1. The number of thioether (sulfide) groups is 1. The highest BCUT2D eigenvalue weighted by Gasteiger charge is 2.09. The van der Waals surface area contributed by atoms with E-state index in [9.17, 15) is 4.79 Å². The van der Waals surface area contributed by atoms with Gasteiger partial charge in [0.2, 0.25) is 0 Å². The molecule has 0 aliphatic carbocycles. The number of ketones is 1. The highest BCUT2D eigenvalue weighted by Crippen LogP contribution is 2.18. The number of ether oxygens (including phenoxy) is 1. The fourth-order valence-corrected chi connectivity index (χ4v) is 1.97. The van der Waals surface area contributed by atoms with Gasteiger partial charge in [0.1, 0.15) is 12.0 Å². The Morgan fingerprint density at radius 1 is 1.53 bits per heavy atom. The van der Waals surface area contributed by atoms with E-state index in [2.05, 4.69) is 4.98 Å². The van der Waals surface area contributed by atoms with Crippen LogP contribution >= 0.6 is 11.8 Å². The summed E-state index contributed by atoms with van der Waals surface area (Å²) in [4.78, 5) is 15.8. The van der Waals surface area contributed by atoms with Gasteiger partial charge in [-0.2, -0.15) is 0 Å². The SMILES string of the molecule is COc1cccc(C(=O)CSc2ncco2)c1. The quantitative estimate of drug-likeness (QED) is 0.602. The Morgan fingerprint density at radius 2 is 2.41 bits per heavy atom. The van der Waals surface area contributed by atoms with E-state index in [0.717, 1.165) is 0 Å². The number of carbonyl (C=O) groups is 1. The average Bonchev–Trinajstić information content (AvgIpc) is 2.89. The molecule has 2 aromatic rings. The summed E-state index contributed by atoms with van der Waals surface area (Å²) < 4.78 is 10.1. The summed E-state index contributed by atoms with van der Waals surface area (Å²) in [7, 11) is 1.57. The first-order valence-electron chi connectivity index (χ1n) is 4.99. The average molecular weight is 249 g/mol. The van der Waals surface area contributed by atoms with Gasteiger partial charge in [-0.15, -0.1) is 0 Å². The summed E-state index contributed by atoms with van der Waals surface area (Å²) in [5.74, 6) is 0.998. The number of nitrogens with zero attached hydrogens (tertiary/aromatic N) is 1. The Kier molecular flexibility index (Phi) is 3.82. The smallest absolute Gasteiger partial charge is 0.255 e. The van der Waals surface area contributed by atoms with Crippen LogP contribution in [0.5, 0.6) is 5.75 Å². The second-order valence-corrected chi connectivity index (χ2v) is 4.17. The van der Waals surface area contributed by atoms with E-state index in [0.29, 0.717) is 22.3 Å². The van der Waals surface area contributed by atoms with Crippen molar-refractivity contribution in [2.24, 2.45) is 0 Å². The fraction of sp³-hybridized carbons (Fsp3) is 0.167. The molecule has 0 aliphatic rings. The van der Waals surface area contributed by atoms with Crippen molar-refractivity contribution in [1.82, 2.24) is 4.98 Å². The first-order chi connectivity index (χ1) is 8.29. The third-order valence-corrected chi connectivity index (χ3v) is 2.98. The van der Waals surface area contributed by atoms with Crippen molar-refractivity contribution in [3.05, 3.63) is 42.3 Å². The van der Waals surface area contributed by atoms with Crippen LogP contribution < -0.4 is 4.74 Å². The van der Waals surface area contributed by atoms with Gasteiger partial charge < -0.3 is 9.15 Å². The lowest BCUT2D eigenvalue weighted by Crippen LogP contribution is -2.02. The molecular formula is C12H11NO3S. The van der Waals surface area contributed by atoms with Crippen LogP contribution in [0.25, 0.3) is 0 Å². The molecule has 0 aliphatic heterocycles. The van der Waals surface area contributed by atoms with Crippen LogP contribution in [0.1, 0.15) is 10.4 Å². The highest BCUT2D eigenvalue weighted by molar-refractivity contribution is 7.99. The van der Waals surface area contributed by atoms with Crippen molar-refractivity contribution in [1.29, 1.82) is 0 Å². The molecule has 1 heterocycles. The maximum absolute atomic E-state index is 11.9. The van der Waals surface area contributed by atoms with Crippen LogP contribution in [0.15, 0.2) is 46.4 Å². The molecule has 0 spiro atoms. The second-order valence-electron chi connectivity index (χ2n) is 3.24. The molecule has 0 amide bonds. The lowest BCUT2D eigenvalue weighted by molar-refractivity contribution is 0.102. The predicted molar refractivity (Wildman–Crippen MR) is 64.6 cm³/mol. The molecule has 5 heteroatoms. The summed E-state index contributed by atoms with van der Waals surface area (Å²) in [5, 5.41) is 0.501. The minimum absolute atomic E-state index is 0.0205. The minimum atomic E-state index is 0.0205. The van der Waals surface area contributed by atoms with Gasteiger partial charge in [-0.05, 0) is 12.1 Å². The first kappa shape index (κ1) is 11.7. The van der Waals surface area contributed by atoms with Crippen LogP contribution in [0.2, 0.25) is 0 Å². The zero-order valence-corrected chi connectivity index (χ0v) is 10.1. The molecule has 0 radical (unpaired) electrons. The molecule has 0 N–H and O–H groups in total. The first-order valence-corrected chi connectivity index (χ1v) is 5.97. The molecule has 0 saturated heterocycles. The second kappa shape index (κ2) is 5.54. The number of hydrogen-bond acceptors (Lipinski definition) is 5. The summed E-state index contributed by atoms with van der Waals surface area (Å²) >= 11 is 1.28. The van der Waals surface area contributed by atoms with Crippen molar-refractivity contribution in [3.8, 4) is 5.75 Å². The predicted octanol–water partition coefficient (Wildman–Crippen LogP) is 2.66. The van der Waals surface area contributed by atoms with Crippen molar-refractivity contribution in [3.63, 3.8) is 0 Å². The molecule has 0 unspecified atom stereocenters. The van der Waals surface area contributed by atoms with Gasteiger partial charge in [0.25, 0.3) is 5.22 Å². The van der Waals surface area contributed by atoms with Gasteiger partial charge in [0.15, 0.2) is 5.78 Å². The Morgan fingerprint density at radius 3 is 3.12 bits per heavy atom. The number of Topliss-reactive ketones (excluding diaryl/α,β-unsaturated/α-hetero) is 1. The van der Waals surface area contributed by atoms with Crippen LogP contribution in [0.4, 0.5) is 0 Å². The number of benzene rings is 1. The molecular weight excluding hydrogens is 238 g/mol. The molecule has 0 atom stereocenters. The van der Waals surface area contributed by atoms with E-state index in [1.165, 1.54) is 18.0 Å². The van der Waals surface area contributed by atoms with Crippen molar-refractivity contribution >= 4 is 17.5 Å². The topological polar surface area (TPSA) is 52.3 Å². The molecule has 17 heavy (non-hydrogen) atoms. The fourth-order valence-electron chi connectivity index (χ4n) is 1.29. The van der Waals surface area contributed by atoms with Crippen molar-refractivity contribution < 1.29 is 13.9 Å². The van der Waals surface area contributed by atoms with E-state index in [-0.39, 0.29) is 5.78 Å². The van der Waals surface area contributed by atoms with Gasteiger partial charge in [0, 0.05) is 5.56 Å². The summed E-state index contributed by atoms with van der Waals surface area (Å²) in [6.07, 6.45) is 3.04. The minimum Gasteiger partial charge on any atom is -0.497 e. The molecule has 4 nitrogen and oxygen atoms in total. The third kappa shape index (κ3) is 3.10. The number of oxazole rings is 1. The monoisotopic (exact) mass is 249 g/mol. The van der Waals surface area contributed by atoms with Gasteiger partial charge in [-0.3, -0.25) is 4.79 Å². The molecule has 2 rings (SSSR count). The standard InChI is InChI=1S/C12H11NO3S/c1-15-10-4-2-3-9(7-10)11(14)8-17-12-13-5-6-16-12/h2-7H,8H2,1H3. The van der Waals surface area contributed by atoms with E-state index in [1.54, 1.807) is 37.6 Å². The van der Waals surface area contributed by atoms with Crippen molar-refractivity contribution in [2.45, 2.75) is 5.22 Å². The lowest BCUT2D eigenvalue weighted by Gasteiger charge is -2.02. The summed E-state index contributed by atoms with van der Waals surface area (Å²) in [5.41, 5.74) is 0.628. The van der Waals surface area contributed by atoms with E-state index in [4.69, 9.17) is 9.15 Å². The van der Waals surface area contributed by atoms with Crippen LogP contribution in [-0.2, 0) is 0 Å². The number of hydrogen-bond donors (Lipinski definition) is 0. The van der Waals surface area contributed by atoms with Crippen LogP contribution in [-0.4, -0.2) is 23.6 Å². The summed E-state index contributed by atoms with van der Waals surface area (Å²) in [6, 6.07) is 7.08. The molecule has 88 valence electrons. The molecule has 1 aromatic heterocycles. The lowest BCUT2D eigenvalue weighted by atomic mass is 10.1. The van der Waals surface area contributed by atoms with Crippen LogP contribution in [0.3, 0.4) is 0 Å². The highest BCUT2D eigenvalue weighted by atomic mass is 32.2. The Bertz CT molecular complexity index is 496. The van der Waals surface area contributed by atoms with E-state index in [1.807, 2.05) is 0 Å². The van der Waals surface area contributed by atoms with Gasteiger partial charge in [0.05, 0.1) is 19.1 Å². The summed E-state index contributed by atoms with van der Waals surface area (Å²) in [6.45, 7) is 0. The number of carbonyl (C=O) groups excluding carboxylic acids is 1.